The average molecular weight is 516 g/mol. The van der Waals surface area contributed by atoms with Gasteiger partial charge >= 0.3 is 0 Å². The first kappa shape index (κ1) is 31.4. The Labute approximate surface area is 222 Å². The highest BCUT2D eigenvalue weighted by atomic mass is 32.1. The molecule has 2 aliphatic rings. The molecule has 0 aromatic carbocycles. The number of amides is 1. The summed E-state index contributed by atoms with van der Waals surface area (Å²) in [5.74, 6) is 0.952. The zero-order valence-corrected chi connectivity index (χ0v) is 24.0. The van der Waals surface area contributed by atoms with Gasteiger partial charge in [0.1, 0.15) is 5.82 Å². The Morgan fingerprint density at radius 2 is 1.83 bits per heavy atom. The topological polar surface area (TPSA) is 79.7 Å². The minimum absolute atomic E-state index is 0.337. The summed E-state index contributed by atoms with van der Waals surface area (Å²) >= 11 is 1.66. The lowest BCUT2D eigenvalue weighted by Gasteiger charge is -2.28. The molecule has 2 aliphatic heterocycles. The predicted molar refractivity (Wildman–Crippen MR) is 154 cm³/mol. The lowest BCUT2D eigenvalue weighted by molar-refractivity contribution is -0.126. The maximum absolute atomic E-state index is 10.3. The summed E-state index contributed by atoms with van der Waals surface area (Å²) in [5, 5.41) is 4.20. The first-order valence-electron chi connectivity index (χ1n) is 12.9. The Hall–Kier alpha value is -2.58. The molecule has 8 heteroatoms. The number of anilines is 1. The molecule has 200 valence electrons. The number of thiazole rings is 1. The minimum Gasteiger partial charge on any atom is -0.371 e. The van der Waals surface area contributed by atoms with Crippen LogP contribution in [0.1, 0.15) is 74.5 Å². The van der Waals surface area contributed by atoms with Crippen LogP contribution >= 0.6 is 11.3 Å². The smallest absolute Gasteiger partial charge is 0.209 e. The molecule has 0 aliphatic carbocycles. The van der Waals surface area contributed by atoms with E-state index in [-0.39, 0.29) is 0 Å². The van der Waals surface area contributed by atoms with Crippen LogP contribution in [0, 0.1) is 20.8 Å². The molecule has 1 N–H and O–H groups in total. The number of carbonyl (C=O) groups excluding carboxylic acids is 1. The first-order valence-corrected chi connectivity index (χ1v) is 13.7. The summed E-state index contributed by atoms with van der Waals surface area (Å²) < 4.78 is 5.53. The van der Waals surface area contributed by atoms with Crippen LogP contribution in [0.5, 0.6) is 0 Å². The van der Waals surface area contributed by atoms with Gasteiger partial charge < -0.3 is 15.0 Å². The summed E-state index contributed by atoms with van der Waals surface area (Å²) in [5.41, 5.74) is 3.16. The number of carbonyl (C=O) groups is 1. The standard InChI is InChI=1S/C9H12N2S.C8H12N2.C7H11NO2.C4H10/c1-5-8(10-4)9-6(2)11-7(3)12-9;1-3-9-8-5-4-7(2)6-10-8;9-5-8-3-6-1-2-7(4-8)10-6;1-3-4-2/h5H,4H2,1-3H3;4-6H,3H2,1-2H3,(H,9,10);5-7H,1-4H2;3-4H2,1-2H3/b8-5-;;;/t;;6-,7-;/m..1./s1. The lowest BCUT2D eigenvalue weighted by Crippen LogP contribution is -2.41. The molecule has 36 heavy (non-hydrogen) atoms. The van der Waals surface area contributed by atoms with Crippen molar-refractivity contribution in [1.29, 1.82) is 0 Å². The molecule has 0 unspecified atom stereocenters. The molecule has 7 nitrogen and oxygen atoms in total. The van der Waals surface area contributed by atoms with Gasteiger partial charge in [-0.2, -0.15) is 0 Å². The fraction of sp³-hybridized carbons (Fsp3) is 0.571. The summed E-state index contributed by atoms with van der Waals surface area (Å²) in [6, 6.07) is 4.03. The molecule has 1 amide bonds. The van der Waals surface area contributed by atoms with Crippen molar-refractivity contribution in [2.75, 3.05) is 25.0 Å². The van der Waals surface area contributed by atoms with Crippen molar-refractivity contribution in [2.24, 2.45) is 4.99 Å². The number of likely N-dealkylation sites (tertiary alicyclic amines) is 1. The SMILES string of the molecule is C=N/C(=C\C)c1sc(C)nc1C.CCCC.CCNc1ccc(C)cn1.O=CN1C[C@H]2CC[C@H](C1)O2. The quantitative estimate of drug-likeness (QED) is 0.353. The van der Waals surface area contributed by atoms with E-state index in [0.717, 1.165) is 66.0 Å². The zero-order valence-electron chi connectivity index (χ0n) is 23.2. The highest BCUT2D eigenvalue weighted by molar-refractivity contribution is 7.12. The van der Waals surface area contributed by atoms with Gasteiger partial charge in [-0.15, -0.1) is 11.3 Å². The number of aliphatic imine (C=N–C) groups is 1. The molecular formula is C28H45N5O2S. The fourth-order valence-electron chi connectivity index (χ4n) is 3.55. The minimum atomic E-state index is 0.337. The maximum atomic E-state index is 10.3. The van der Waals surface area contributed by atoms with E-state index in [2.05, 4.69) is 47.8 Å². The van der Waals surface area contributed by atoms with E-state index in [1.165, 1.54) is 18.4 Å². The zero-order chi connectivity index (χ0) is 26.9. The number of nitrogens with zero attached hydrogens (tertiary/aromatic N) is 4. The van der Waals surface area contributed by atoms with E-state index in [9.17, 15) is 4.79 Å². The fourth-order valence-corrected chi connectivity index (χ4v) is 4.51. The van der Waals surface area contributed by atoms with Gasteiger partial charge in [-0.05, 0) is 65.8 Å². The molecule has 2 aromatic heterocycles. The van der Waals surface area contributed by atoms with Crippen LogP contribution in [-0.2, 0) is 9.53 Å². The number of allylic oxidation sites excluding steroid dienone is 1. The van der Waals surface area contributed by atoms with Crippen molar-refractivity contribution < 1.29 is 9.53 Å². The summed E-state index contributed by atoms with van der Waals surface area (Å²) in [4.78, 5) is 25.7. The van der Waals surface area contributed by atoms with Crippen molar-refractivity contribution in [3.8, 4) is 0 Å². The number of fused-ring (bicyclic) bond motifs is 2. The molecular weight excluding hydrogens is 470 g/mol. The number of morpholine rings is 1. The Kier molecular flexibility index (Phi) is 15.5. The van der Waals surface area contributed by atoms with Crippen molar-refractivity contribution in [3.05, 3.63) is 45.5 Å². The maximum Gasteiger partial charge on any atom is 0.209 e. The Bertz CT molecular complexity index is 913. The van der Waals surface area contributed by atoms with Gasteiger partial charge in [0.05, 0.1) is 33.5 Å². The summed E-state index contributed by atoms with van der Waals surface area (Å²) in [7, 11) is 0. The largest absolute Gasteiger partial charge is 0.371 e. The number of ether oxygens (including phenoxy) is 1. The molecule has 0 radical (unpaired) electrons. The van der Waals surface area contributed by atoms with Crippen LogP contribution in [0.15, 0.2) is 29.4 Å². The molecule has 2 bridgehead atoms. The van der Waals surface area contributed by atoms with E-state index < -0.39 is 0 Å². The van der Waals surface area contributed by atoms with E-state index in [4.69, 9.17) is 4.74 Å². The number of nitrogens with one attached hydrogen (secondary N) is 1. The predicted octanol–water partition coefficient (Wildman–Crippen LogP) is 6.46. The van der Waals surface area contributed by atoms with Gasteiger partial charge in [-0.1, -0.05) is 38.8 Å². The van der Waals surface area contributed by atoms with Gasteiger partial charge in [-0.3, -0.25) is 9.79 Å². The second-order valence-electron chi connectivity index (χ2n) is 8.75. The molecule has 0 spiro atoms. The number of hydrogen-bond donors (Lipinski definition) is 1. The number of pyridine rings is 1. The normalized spacial score (nSPS) is 18.0. The van der Waals surface area contributed by atoms with Crippen molar-refractivity contribution in [3.63, 3.8) is 0 Å². The third-order valence-electron chi connectivity index (χ3n) is 5.57. The van der Waals surface area contributed by atoms with Crippen LogP contribution < -0.4 is 5.32 Å². The molecule has 2 saturated heterocycles. The van der Waals surface area contributed by atoms with Gasteiger partial charge in [0.2, 0.25) is 6.41 Å². The van der Waals surface area contributed by atoms with E-state index in [0.29, 0.717) is 12.2 Å². The van der Waals surface area contributed by atoms with Gasteiger partial charge in [0.25, 0.3) is 0 Å². The second kappa shape index (κ2) is 17.8. The number of aryl methyl sites for hydroxylation is 3. The van der Waals surface area contributed by atoms with Crippen LogP contribution in [0.3, 0.4) is 0 Å². The average Bonchev–Trinajstić information content (AvgIpc) is 3.41. The van der Waals surface area contributed by atoms with Crippen molar-refractivity contribution in [1.82, 2.24) is 14.9 Å². The Morgan fingerprint density at radius 1 is 1.19 bits per heavy atom. The number of unbranched alkanes of at least 4 members (excludes halogenated alkanes) is 1. The molecule has 2 aromatic rings. The van der Waals surface area contributed by atoms with Gasteiger partial charge in [0, 0.05) is 25.8 Å². The van der Waals surface area contributed by atoms with Crippen LogP contribution in [0.4, 0.5) is 5.82 Å². The van der Waals surface area contributed by atoms with Crippen LogP contribution in [-0.4, -0.2) is 59.8 Å². The van der Waals surface area contributed by atoms with E-state index in [1.54, 1.807) is 11.3 Å². The summed E-state index contributed by atoms with van der Waals surface area (Å²) in [6.45, 7) is 20.5. The van der Waals surface area contributed by atoms with Crippen molar-refractivity contribution >= 4 is 36.0 Å². The van der Waals surface area contributed by atoms with Crippen LogP contribution in [0.2, 0.25) is 0 Å². The van der Waals surface area contributed by atoms with Gasteiger partial charge in [-0.25, -0.2) is 9.97 Å². The lowest BCUT2D eigenvalue weighted by atomic mass is 10.2. The second-order valence-corrected chi connectivity index (χ2v) is 9.95. The third kappa shape index (κ3) is 11.4. The molecule has 2 fully saturated rings. The van der Waals surface area contributed by atoms with Gasteiger partial charge in [0.15, 0.2) is 0 Å². The Balaban J connectivity index is 0.000000252. The number of hydrogen-bond acceptors (Lipinski definition) is 7. The monoisotopic (exact) mass is 515 g/mol. The summed E-state index contributed by atoms with van der Waals surface area (Å²) in [6.07, 6.45) is 10.3. The Morgan fingerprint density at radius 3 is 2.22 bits per heavy atom. The van der Waals surface area contributed by atoms with E-state index in [1.807, 2.05) is 57.0 Å². The first-order chi connectivity index (χ1) is 17.3. The highest BCUT2D eigenvalue weighted by Crippen LogP contribution is 2.26. The number of aromatic nitrogens is 2. The molecule has 2 atom stereocenters. The number of rotatable bonds is 6. The molecule has 4 heterocycles. The van der Waals surface area contributed by atoms with Crippen LogP contribution in [0.25, 0.3) is 5.70 Å². The highest BCUT2D eigenvalue weighted by Gasteiger charge is 2.32. The van der Waals surface area contributed by atoms with Crippen molar-refractivity contribution in [2.45, 2.75) is 86.4 Å². The third-order valence-corrected chi connectivity index (χ3v) is 6.67. The van der Waals surface area contributed by atoms with E-state index >= 15 is 0 Å². The molecule has 0 saturated carbocycles. The molecule has 4 rings (SSSR count).